The summed E-state index contributed by atoms with van der Waals surface area (Å²) in [5.41, 5.74) is 0.0694. The predicted octanol–water partition coefficient (Wildman–Crippen LogP) is 2.61. The number of likely N-dealkylation sites (N-methyl/N-ethyl adjacent to an activating group) is 1. The van der Waals surface area contributed by atoms with Gasteiger partial charge in [0.25, 0.3) is 0 Å². The molecule has 0 aromatic rings. The zero-order valence-corrected chi connectivity index (χ0v) is 13.0. The quantitative estimate of drug-likeness (QED) is 0.696. The van der Waals surface area contributed by atoms with Crippen LogP contribution in [-0.2, 0) is 4.74 Å². The highest BCUT2D eigenvalue weighted by molar-refractivity contribution is 4.79. The topological polar surface area (TPSA) is 15.7 Å². The standard InChI is InChI=1S/C15H32N2O/c1-6-14(13-18-15(4,7-2)8-3)17-11-9-16(5)10-12-17/h14H,6-13H2,1-5H3. The SMILES string of the molecule is CCC(COC(C)(CC)CC)N1CCN(C)CC1. The van der Waals surface area contributed by atoms with Gasteiger partial charge < -0.3 is 9.64 Å². The predicted molar refractivity (Wildman–Crippen MR) is 78.1 cm³/mol. The van der Waals surface area contributed by atoms with Crippen LogP contribution >= 0.6 is 0 Å². The lowest BCUT2D eigenvalue weighted by atomic mass is 10.00. The zero-order chi connectivity index (χ0) is 13.6. The molecular formula is C15H32N2O. The summed E-state index contributed by atoms with van der Waals surface area (Å²) in [6, 6.07) is 0.594. The van der Waals surface area contributed by atoms with Crippen LogP contribution < -0.4 is 0 Å². The van der Waals surface area contributed by atoms with Crippen LogP contribution in [0, 0.1) is 0 Å². The summed E-state index contributed by atoms with van der Waals surface area (Å²) in [5.74, 6) is 0. The molecule has 1 unspecified atom stereocenters. The summed E-state index contributed by atoms with van der Waals surface area (Å²) >= 11 is 0. The van der Waals surface area contributed by atoms with Crippen LogP contribution in [-0.4, -0.2) is 61.3 Å². The summed E-state index contributed by atoms with van der Waals surface area (Å²) in [7, 11) is 2.21. The van der Waals surface area contributed by atoms with E-state index in [9.17, 15) is 0 Å². The van der Waals surface area contributed by atoms with Gasteiger partial charge in [0.2, 0.25) is 0 Å². The molecule has 0 aromatic heterocycles. The Morgan fingerprint density at radius 3 is 2.06 bits per heavy atom. The molecule has 0 saturated carbocycles. The normalized spacial score (nSPS) is 21.2. The van der Waals surface area contributed by atoms with Crippen molar-refractivity contribution in [2.24, 2.45) is 0 Å². The van der Waals surface area contributed by atoms with Gasteiger partial charge in [-0.25, -0.2) is 0 Å². The largest absolute Gasteiger partial charge is 0.374 e. The molecule has 0 amide bonds. The zero-order valence-electron chi connectivity index (χ0n) is 13.0. The smallest absolute Gasteiger partial charge is 0.0650 e. The van der Waals surface area contributed by atoms with Crippen molar-refractivity contribution in [2.45, 2.75) is 58.6 Å². The fraction of sp³-hybridized carbons (Fsp3) is 1.00. The molecule has 0 radical (unpaired) electrons. The molecule has 1 heterocycles. The van der Waals surface area contributed by atoms with Crippen molar-refractivity contribution < 1.29 is 4.74 Å². The third-order valence-corrected chi connectivity index (χ3v) is 4.65. The molecule has 18 heavy (non-hydrogen) atoms. The van der Waals surface area contributed by atoms with E-state index in [2.05, 4.69) is 44.5 Å². The maximum atomic E-state index is 6.21. The van der Waals surface area contributed by atoms with Crippen LogP contribution in [0.3, 0.4) is 0 Å². The van der Waals surface area contributed by atoms with Crippen molar-refractivity contribution >= 4 is 0 Å². The molecule has 0 N–H and O–H groups in total. The van der Waals surface area contributed by atoms with Crippen molar-refractivity contribution in [2.75, 3.05) is 39.8 Å². The lowest BCUT2D eigenvalue weighted by Gasteiger charge is -2.39. The van der Waals surface area contributed by atoms with E-state index in [-0.39, 0.29) is 5.60 Å². The Labute approximate surface area is 113 Å². The molecule has 1 fully saturated rings. The molecule has 0 bridgehead atoms. The lowest BCUT2D eigenvalue weighted by molar-refractivity contribution is -0.0671. The minimum atomic E-state index is 0.0694. The minimum Gasteiger partial charge on any atom is -0.374 e. The molecular weight excluding hydrogens is 224 g/mol. The lowest BCUT2D eigenvalue weighted by Crippen LogP contribution is -2.51. The number of hydrogen-bond acceptors (Lipinski definition) is 3. The van der Waals surface area contributed by atoms with E-state index in [0.29, 0.717) is 6.04 Å². The van der Waals surface area contributed by atoms with Crippen molar-refractivity contribution in [1.82, 2.24) is 9.80 Å². The average Bonchev–Trinajstić information content (AvgIpc) is 2.41. The van der Waals surface area contributed by atoms with Gasteiger partial charge in [0.05, 0.1) is 12.2 Å². The molecule has 0 spiro atoms. The molecule has 1 aliphatic heterocycles. The van der Waals surface area contributed by atoms with Crippen molar-refractivity contribution in [3.63, 3.8) is 0 Å². The maximum Gasteiger partial charge on any atom is 0.0650 e. The van der Waals surface area contributed by atoms with Crippen LogP contribution in [0.2, 0.25) is 0 Å². The van der Waals surface area contributed by atoms with E-state index < -0.39 is 0 Å². The first kappa shape index (κ1) is 15.9. The number of piperazine rings is 1. The molecule has 1 saturated heterocycles. The highest BCUT2D eigenvalue weighted by atomic mass is 16.5. The van der Waals surface area contributed by atoms with Crippen LogP contribution in [0.4, 0.5) is 0 Å². The van der Waals surface area contributed by atoms with Gasteiger partial charge in [-0.3, -0.25) is 4.90 Å². The summed E-state index contributed by atoms with van der Waals surface area (Å²) in [6.07, 6.45) is 3.39. The minimum absolute atomic E-state index is 0.0694. The van der Waals surface area contributed by atoms with Gasteiger partial charge in [0, 0.05) is 32.2 Å². The van der Waals surface area contributed by atoms with Gasteiger partial charge >= 0.3 is 0 Å². The molecule has 1 atom stereocenters. The molecule has 3 nitrogen and oxygen atoms in total. The van der Waals surface area contributed by atoms with Gasteiger partial charge in [-0.2, -0.15) is 0 Å². The van der Waals surface area contributed by atoms with Crippen LogP contribution in [0.25, 0.3) is 0 Å². The highest BCUT2D eigenvalue weighted by Crippen LogP contribution is 2.21. The average molecular weight is 256 g/mol. The number of ether oxygens (including phenoxy) is 1. The highest BCUT2D eigenvalue weighted by Gasteiger charge is 2.25. The number of nitrogens with zero attached hydrogens (tertiary/aromatic N) is 2. The second-order valence-electron chi connectivity index (χ2n) is 5.87. The first-order valence-corrected chi connectivity index (χ1v) is 7.61. The Hall–Kier alpha value is -0.120. The molecule has 3 heteroatoms. The first-order valence-electron chi connectivity index (χ1n) is 7.61. The van der Waals surface area contributed by atoms with Crippen molar-refractivity contribution in [3.8, 4) is 0 Å². The van der Waals surface area contributed by atoms with Gasteiger partial charge in [-0.1, -0.05) is 20.8 Å². The summed E-state index contributed by atoms with van der Waals surface area (Å²) < 4.78 is 6.21. The number of hydrogen-bond donors (Lipinski definition) is 0. The Morgan fingerprint density at radius 2 is 1.61 bits per heavy atom. The molecule has 0 aromatic carbocycles. The molecule has 108 valence electrons. The molecule has 0 aliphatic carbocycles. The maximum absolute atomic E-state index is 6.21. The van der Waals surface area contributed by atoms with Gasteiger partial charge in [-0.05, 0) is 33.2 Å². The first-order chi connectivity index (χ1) is 8.54. The Morgan fingerprint density at radius 1 is 1.06 bits per heavy atom. The fourth-order valence-corrected chi connectivity index (χ4v) is 2.42. The summed E-state index contributed by atoms with van der Waals surface area (Å²) in [4.78, 5) is 5.01. The van der Waals surface area contributed by atoms with Gasteiger partial charge in [0.15, 0.2) is 0 Å². The molecule has 1 aliphatic rings. The third kappa shape index (κ3) is 4.52. The Kier molecular flexibility index (Phi) is 6.61. The second kappa shape index (κ2) is 7.46. The third-order valence-electron chi connectivity index (χ3n) is 4.65. The van der Waals surface area contributed by atoms with E-state index >= 15 is 0 Å². The summed E-state index contributed by atoms with van der Waals surface area (Å²) in [6.45, 7) is 14.6. The van der Waals surface area contributed by atoms with E-state index in [4.69, 9.17) is 4.74 Å². The monoisotopic (exact) mass is 256 g/mol. The van der Waals surface area contributed by atoms with E-state index in [1.165, 1.54) is 32.6 Å². The number of rotatable bonds is 7. The van der Waals surface area contributed by atoms with E-state index in [1.807, 2.05) is 0 Å². The summed E-state index contributed by atoms with van der Waals surface area (Å²) in [5, 5.41) is 0. The van der Waals surface area contributed by atoms with Crippen LogP contribution in [0.5, 0.6) is 0 Å². The van der Waals surface area contributed by atoms with Crippen molar-refractivity contribution in [3.05, 3.63) is 0 Å². The Bertz CT molecular complexity index is 221. The second-order valence-corrected chi connectivity index (χ2v) is 5.87. The van der Waals surface area contributed by atoms with E-state index in [0.717, 1.165) is 19.4 Å². The van der Waals surface area contributed by atoms with E-state index in [1.54, 1.807) is 0 Å². The molecule has 1 rings (SSSR count). The van der Waals surface area contributed by atoms with Crippen molar-refractivity contribution in [1.29, 1.82) is 0 Å². The Balaban J connectivity index is 2.42. The van der Waals surface area contributed by atoms with Gasteiger partial charge in [-0.15, -0.1) is 0 Å². The van der Waals surface area contributed by atoms with Gasteiger partial charge in [0.1, 0.15) is 0 Å². The fourth-order valence-electron chi connectivity index (χ4n) is 2.42. The van der Waals surface area contributed by atoms with Crippen LogP contribution in [0.1, 0.15) is 47.0 Å². The van der Waals surface area contributed by atoms with Crippen LogP contribution in [0.15, 0.2) is 0 Å².